The zero-order chi connectivity index (χ0) is 10.6. The summed E-state index contributed by atoms with van der Waals surface area (Å²) in [5, 5.41) is 7.37. The molecule has 80 valence electrons. The van der Waals surface area contributed by atoms with E-state index < -0.39 is 0 Å². The SMILES string of the molecule is CC(CCl)C(C)NCc1ncnn1C. The predicted octanol–water partition coefficient (Wildman–Crippen LogP) is 1.17. The summed E-state index contributed by atoms with van der Waals surface area (Å²) in [7, 11) is 1.89. The molecule has 0 aliphatic carbocycles. The molecule has 0 aliphatic rings. The van der Waals surface area contributed by atoms with Gasteiger partial charge in [0.1, 0.15) is 12.2 Å². The Balaban J connectivity index is 2.37. The number of hydrogen-bond donors (Lipinski definition) is 1. The summed E-state index contributed by atoms with van der Waals surface area (Å²) in [5.41, 5.74) is 0. The van der Waals surface area contributed by atoms with E-state index in [4.69, 9.17) is 11.6 Å². The van der Waals surface area contributed by atoms with Crippen molar-refractivity contribution in [3.63, 3.8) is 0 Å². The van der Waals surface area contributed by atoms with E-state index in [-0.39, 0.29) is 0 Å². The molecule has 0 radical (unpaired) electrons. The fourth-order valence-corrected chi connectivity index (χ4v) is 1.33. The molecule has 5 heteroatoms. The quantitative estimate of drug-likeness (QED) is 0.752. The van der Waals surface area contributed by atoms with Crippen LogP contribution in [0, 0.1) is 5.92 Å². The Morgan fingerprint density at radius 2 is 2.29 bits per heavy atom. The summed E-state index contributed by atoms with van der Waals surface area (Å²) in [5.74, 6) is 2.08. The molecule has 1 heterocycles. The van der Waals surface area contributed by atoms with Gasteiger partial charge in [-0.05, 0) is 12.8 Å². The van der Waals surface area contributed by atoms with Crippen molar-refractivity contribution in [2.24, 2.45) is 13.0 Å². The van der Waals surface area contributed by atoms with Crippen molar-refractivity contribution in [1.82, 2.24) is 20.1 Å². The Kier molecular flexibility index (Phi) is 4.35. The van der Waals surface area contributed by atoms with Gasteiger partial charge in [-0.1, -0.05) is 6.92 Å². The first-order chi connectivity index (χ1) is 6.65. The zero-order valence-electron chi connectivity index (χ0n) is 8.87. The van der Waals surface area contributed by atoms with Crippen LogP contribution in [0.4, 0.5) is 0 Å². The van der Waals surface area contributed by atoms with E-state index in [2.05, 4.69) is 29.2 Å². The normalized spacial score (nSPS) is 15.4. The lowest BCUT2D eigenvalue weighted by Crippen LogP contribution is -2.33. The monoisotopic (exact) mass is 216 g/mol. The van der Waals surface area contributed by atoms with Gasteiger partial charge in [0, 0.05) is 19.0 Å². The van der Waals surface area contributed by atoms with E-state index in [0.717, 1.165) is 12.4 Å². The van der Waals surface area contributed by atoms with E-state index in [1.54, 1.807) is 11.0 Å². The average Bonchev–Trinajstić information content (AvgIpc) is 2.59. The third-order valence-electron chi connectivity index (χ3n) is 2.48. The third kappa shape index (κ3) is 2.96. The van der Waals surface area contributed by atoms with Gasteiger partial charge in [-0.3, -0.25) is 4.68 Å². The molecule has 0 fully saturated rings. The van der Waals surface area contributed by atoms with Crippen molar-refractivity contribution >= 4 is 11.6 Å². The Morgan fingerprint density at radius 1 is 1.57 bits per heavy atom. The molecule has 1 aromatic rings. The molecule has 14 heavy (non-hydrogen) atoms. The molecular weight excluding hydrogens is 200 g/mol. The highest BCUT2D eigenvalue weighted by atomic mass is 35.5. The number of nitrogens with zero attached hydrogens (tertiary/aromatic N) is 3. The van der Waals surface area contributed by atoms with Crippen LogP contribution < -0.4 is 5.32 Å². The molecule has 0 saturated carbocycles. The van der Waals surface area contributed by atoms with Gasteiger partial charge in [-0.25, -0.2) is 4.98 Å². The molecule has 0 bridgehead atoms. The molecule has 0 aromatic carbocycles. The van der Waals surface area contributed by atoms with Gasteiger partial charge in [0.15, 0.2) is 0 Å². The maximum Gasteiger partial charge on any atom is 0.140 e. The second-order valence-electron chi connectivity index (χ2n) is 3.60. The molecule has 1 aromatic heterocycles. The molecule has 0 aliphatic heterocycles. The number of nitrogens with one attached hydrogen (secondary N) is 1. The zero-order valence-corrected chi connectivity index (χ0v) is 9.62. The lowest BCUT2D eigenvalue weighted by molar-refractivity contribution is 0.420. The average molecular weight is 217 g/mol. The Morgan fingerprint density at radius 3 is 2.79 bits per heavy atom. The fourth-order valence-electron chi connectivity index (χ4n) is 1.07. The summed E-state index contributed by atoms with van der Waals surface area (Å²) >= 11 is 5.77. The molecule has 1 N–H and O–H groups in total. The van der Waals surface area contributed by atoms with Crippen LogP contribution in [0.15, 0.2) is 6.33 Å². The maximum atomic E-state index is 5.77. The Hall–Kier alpha value is -0.610. The molecular formula is C9H17ClN4. The lowest BCUT2D eigenvalue weighted by Gasteiger charge is -2.18. The van der Waals surface area contributed by atoms with Crippen LogP contribution in [0.1, 0.15) is 19.7 Å². The molecule has 0 spiro atoms. The smallest absolute Gasteiger partial charge is 0.140 e. The van der Waals surface area contributed by atoms with E-state index in [1.165, 1.54) is 0 Å². The van der Waals surface area contributed by atoms with Crippen LogP contribution in [0.3, 0.4) is 0 Å². The number of aryl methyl sites for hydroxylation is 1. The molecule has 0 saturated heterocycles. The molecule has 2 unspecified atom stereocenters. The van der Waals surface area contributed by atoms with Gasteiger partial charge in [0.25, 0.3) is 0 Å². The summed E-state index contributed by atoms with van der Waals surface area (Å²) in [6, 6.07) is 0.393. The first kappa shape index (κ1) is 11.5. The van der Waals surface area contributed by atoms with E-state index in [1.807, 2.05) is 7.05 Å². The van der Waals surface area contributed by atoms with Gasteiger partial charge in [0.05, 0.1) is 6.54 Å². The minimum absolute atomic E-state index is 0.393. The molecule has 2 atom stereocenters. The minimum atomic E-state index is 0.393. The van der Waals surface area contributed by atoms with Crippen molar-refractivity contribution in [2.45, 2.75) is 26.4 Å². The van der Waals surface area contributed by atoms with Crippen molar-refractivity contribution in [2.75, 3.05) is 5.88 Å². The topological polar surface area (TPSA) is 42.7 Å². The highest BCUT2D eigenvalue weighted by molar-refractivity contribution is 6.18. The number of hydrogen-bond acceptors (Lipinski definition) is 3. The first-order valence-corrected chi connectivity index (χ1v) is 5.30. The Labute approximate surface area is 89.7 Å². The number of alkyl halides is 1. The van der Waals surface area contributed by atoms with Crippen LogP contribution >= 0.6 is 11.6 Å². The largest absolute Gasteiger partial charge is 0.307 e. The van der Waals surface area contributed by atoms with Crippen LogP contribution in [-0.4, -0.2) is 26.7 Å². The second-order valence-corrected chi connectivity index (χ2v) is 3.91. The van der Waals surface area contributed by atoms with Crippen molar-refractivity contribution < 1.29 is 0 Å². The minimum Gasteiger partial charge on any atom is -0.307 e. The number of rotatable bonds is 5. The molecule has 1 rings (SSSR count). The van der Waals surface area contributed by atoms with Crippen LogP contribution in [0.5, 0.6) is 0 Å². The predicted molar refractivity (Wildman–Crippen MR) is 57.2 cm³/mol. The van der Waals surface area contributed by atoms with Crippen LogP contribution in [0.25, 0.3) is 0 Å². The van der Waals surface area contributed by atoms with Crippen LogP contribution in [0.2, 0.25) is 0 Å². The highest BCUT2D eigenvalue weighted by Gasteiger charge is 2.11. The summed E-state index contributed by atoms with van der Waals surface area (Å²) < 4.78 is 1.77. The highest BCUT2D eigenvalue weighted by Crippen LogP contribution is 2.05. The molecule has 4 nitrogen and oxygen atoms in total. The summed E-state index contributed by atoms with van der Waals surface area (Å²) in [6.45, 7) is 4.99. The van der Waals surface area contributed by atoms with Crippen molar-refractivity contribution in [3.05, 3.63) is 12.2 Å². The lowest BCUT2D eigenvalue weighted by atomic mass is 10.1. The second kappa shape index (κ2) is 5.32. The maximum absolute atomic E-state index is 5.77. The van der Waals surface area contributed by atoms with Crippen molar-refractivity contribution in [1.29, 1.82) is 0 Å². The number of aromatic nitrogens is 3. The van der Waals surface area contributed by atoms with Gasteiger partial charge in [-0.15, -0.1) is 11.6 Å². The van der Waals surface area contributed by atoms with Crippen molar-refractivity contribution in [3.8, 4) is 0 Å². The van der Waals surface area contributed by atoms with Gasteiger partial charge < -0.3 is 5.32 Å². The molecule has 0 amide bonds. The van der Waals surface area contributed by atoms with Gasteiger partial charge in [-0.2, -0.15) is 5.10 Å². The standard InChI is InChI=1S/C9H17ClN4/c1-7(4-10)8(2)11-5-9-12-6-13-14(9)3/h6-8,11H,4-5H2,1-3H3. The van der Waals surface area contributed by atoms with E-state index in [0.29, 0.717) is 17.8 Å². The summed E-state index contributed by atoms with van der Waals surface area (Å²) in [4.78, 5) is 4.13. The first-order valence-electron chi connectivity index (χ1n) is 4.77. The van der Waals surface area contributed by atoms with Gasteiger partial charge >= 0.3 is 0 Å². The summed E-state index contributed by atoms with van der Waals surface area (Å²) in [6.07, 6.45) is 1.56. The van der Waals surface area contributed by atoms with Crippen LogP contribution in [-0.2, 0) is 13.6 Å². The Bertz CT molecular complexity index is 274. The van der Waals surface area contributed by atoms with Gasteiger partial charge in [0.2, 0.25) is 0 Å². The van der Waals surface area contributed by atoms with E-state index in [9.17, 15) is 0 Å². The van der Waals surface area contributed by atoms with E-state index >= 15 is 0 Å². The fraction of sp³-hybridized carbons (Fsp3) is 0.778. The third-order valence-corrected chi connectivity index (χ3v) is 2.97. The number of halogens is 1.